The van der Waals surface area contributed by atoms with Crippen molar-refractivity contribution in [1.82, 2.24) is 10.2 Å². The third kappa shape index (κ3) is 1.15. The van der Waals surface area contributed by atoms with Gasteiger partial charge in [0.15, 0.2) is 6.19 Å². The van der Waals surface area contributed by atoms with Crippen LogP contribution < -0.4 is 5.32 Å². The van der Waals surface area contributed by atoms with Gasteiger partial charge in [-0.15, -0.1) is 0 Å². The summed E-state index contributed by atoms with van der Waals surface area (Å²) < 4.78 is 0. The standard InChI is InChI=1S/C5H4ClN3/c6-5-3-8-1-2-9(5)4-7/h1-3,8H. The molecule has 0 bridgehead atoms. The lowest BCUT2D eigenvalue weighted by molar-refractivity contribution is 0.668. The van der Waals surface area contributed by atoms with Crippen LogP contribution >= 0.6 is 11.6 Å². The maximum atomic E-state index is 8.33. The van der Waals surface area contributed by atoms with Crippen molar-refractivity contribution in [2.45, 2.75) is 0 Å². The molecule has 1 aliphatic heterocycles. The van der Waals surface area contributed by atoms with E-state index in [0.29, 0.717) is 5.16 Å². The molecule has 0 saturated heterocycles. The van der Waals surface area contributed by atoms with Crippen molar-refractivity contribution in [1.29, 1.82) is 5.26 Å². The fourth-order valence-electron chi connectivity index (χ4n) is 0.456. The van der Waals surface area contributed by atoms with Crippen LogP contribution in [0.1, 0.15) is 0 Å². The van der Waals surface area contributed by atoms with Crippen LogP contribution in [0.2, 0.25) is 0 Å². The zero-order chi connectivity index (χ0) is 6.69. The zero-order valence-electron chi connectivity index (χ0n) is 4.50. The number of halogens is 1. The summed E-state index contributed by atoms with van der Waals surface area (Å²) in [5, 5.41) is 11.4. The lowest BCUT2D eigenvalue weighted by Gasteiger charge is -2.11. The molecule has 1 rings (SSSR count). The quantitative estimate of drug-likeness (QED) is 0.402. The molecule has 0 aromatic carbocycles. The van der Waals surface area contributed by atoms with Gasteiger partial charge >= 0.3 is 0 Å². The molecule has 3 nitrogen and oxygen atoms in total. The van der Waals surface area contributed by atoms with Crippen LogP contribution in [0.3, 0.4) is 0 Å². The fourth-order valence-corrected chi connectivity index (χ4v) is 0.613. The first-order chi connectivity index (χ1) is 4.34. The second kappa shape index (κ2) is 2.42. The summed E-state index contributed by atoms with van der Waals surface area (Å²) in [6.07, 6.45) is 6.56. The van der Waals surface area contributed by atoms with Crippen LogP contribution in [0.15, 0.2) is 23.8 Å². The van der Waals surface area contributed by atoms with Gasteiger partial charge in [-0.2, -0.15) is 5.26 Å². The zero-order valence-corrected chi connectivity index (χ0v) is 5.26. The SMILES string of the molecule is N#CN1C=CNC=C1Cl. The summed E-state index contributed by atoms with van der Waals surface area (Å²) in [7, 11) is 0. The third-order valence-electron chi connectivity index (χ3n) is 0.860. The Kier molecular flexibility index (Phi) is 1.61. The van der Waals surface area contributed by atoms with Crippen LogP contribution in [0, 0.1) is 11.5 Å². The minimum Gasteiger partial charge on any atom is -0.364 e. The van der Waals surface area contributed by atoms with Gasteiger partial charge in [0.1, 0.15) is 5.16 Å². The highest BCUT2D eigenvalue weighted by atomic mass is 35.5. The maximum absolute atomic E-state index is 8.33. The summed E-state index contributed by atoms with van der Waals surface area (Å²) >= 11 is 5.53. The molecule has 1 heterocycles. The van der Waals surface area contributed by atoms with Gasteiger partial charge in [-0.1, -0.05) is 11.6 Å². The Balaban J connectivity index is 2.73. The Labute approximate surface area is 57.8 Å². The lowest BCUT2D eigenvalue weighted by atomic mass is 10.6. The summed E-state index contributed by atoms with van der Waals surface area (Å²) in [6.45, 7) is 0. The highest BCUT2D eigenvalue weighted by Gasteiger charge is 2.03. The summed E-state index contributed by atoms with van der Waals surface area (Å²) in [5.74, 6) is 0. The molecule has 0 aromatic heterocycles. The summed E-state index contributed by atoms with van der Waals surface area (Å²) in [4.78, 5) is 1.25. The Morgan fingerprint density at radius 3 is 3.00 bits per heavy atom. The van der Waals surface area contributed by atoms with Crippen LogP contribution in [-0.2, 0) is 0 Å². The molecule has 0 spiro atoms. The molecule has 1 N–H and O–H groups in total. The number of hydrogen-bond donors (Lipinski definition) is 1. The maximum Gasteiger partial charge on any atom is 0.189 e. The van der Waals surface area contributed by atoms with E-state index >= 15 is 0 Å². The van der Waals surface area contributed by atoms with Gasteiger partial charge in [0.05, 0.1) is 0 Å². The molecule has 0 atom stereocenters. The Morgan fingerprint density at radius 1 is 1.78 bits per heavy atom. The minimum absolute atomic E-state index is 0.375. The molecule has 1 aliphatic rings. The van der Waals surface area contributed by atoms with Crippen LogP contribution in [0.25, 0.3) is 0 Å². The van der Waals surface area contributed by atoms with E-state index in [2.05, 4.69) is 5.32 Å². The van der Waals surface area contributed by atoms with Gasteiger partial charge in [-0.25, -0.2) is 4.90 Å². The fraction of sp³-hybridized carbons (Fsp3) is 0. The van der Waals surface area contributed by atoms with Crippen LogP contribution in [0.5, 0.6) is 0 Å². The monoisotopic (exact) mass is 141 g/mol. The Hall–Kier alpha value is -1.14. The van der Waals surface area contributed by atoms with Gasteiger partial charge in [-0.05, 0) is 0 Å². The molecule has 4 heteroatoms. The highest BCUT2D eigenvalue weighted by molar-refractivity contribution is 6.29. The number of hydrogen-bond acceptors (Lipinski definition) is 3. The number of nitrogens with zero attached hydrogens (tertiary/aromatic N) is 2. The van der Waals surface area contributed by atoms with Crippen molar-refractivity contribution in [3.63, 3.8) is 0 Å². The second-order valence-electron chi connectivity index (χ2n) is 1.42. The number of rotatable bonds is 0. The molecule has 0 fully saturated rings. The third-order valence-corrected chi connectivity index (χ3v) is 1.15. The van der Waals surface area contributed by atoms with Gasteiger partial charge in [0, 0.05) is 18.6 Å². The van der Waals surface area contributed by atoms with Crippen molar-refractivity contribution < 1.29 is 0 Å². The Bertz CT molecular complexity index is 201. The van der Waals surface area contributed by atoms with Crippen molar-refractivity contribution in [3.8, 4) is 6.19 Å². The van der Waals surface area contributed by atoms with Gasteiger partial charge < -0.3 is 5.32 Å². The molecular weight excluding hydrogens is 138 g/mol. The predicted molar refractivity (Wildman–Crippen MR) is 33.7 cm³/mol. The van der Waals surface area contributed by atoms with Crippen LogP contribution in [-0.4, -0.2) is 4.90 Å². The second-order valence-corrected chi connectivity index (χ2v) is 1.81. The normalized spacial score (nSPS) is 16.0. The molecule has 9 heavy (non-hydrogen) atoms. The molecular formula is C5H4ClN3. The smallest absolute Gasteiger partial charge is 0.189 e. The van der Waals surface area contributed by atoms with Gasteiger partial charge in [0.25, 0.3) is 0 Å². The minimum atomic E-state index is 0.375. The number of nitrogens with one attached hydrogen (secondary N) is 1. The first-order valence-corrected chi connectivity index (χ1v) is 2.70. The predicted octanol–water partition coefficient (Wildman–Crippen LogP) is 0.882. The van der Waals surface area contributed by atoms with Crippen molar-refractivity contribution in [2.75, 3.05) is 0 Å². The largest absolute Gasteiger partial charge is 0.364 e. The van der Waals surface area contributed by atoms with Crippen molar-refractivity contribution in [2.24, 2.45) is 0 Å². The van der Waals surface area contributed by atoms with E-state index in [9.17, 15) is 0 Å². The van der Waals surface area contributed by atoms with Gasteiger partial charge in [0.2, 0.25) is 0 Å². The first-order valence-electron chi connectivity index (χ1n) is 2.32. The lowest BCUT2D eigenvalue weighted by Crippen LogP contribution is -2.13. The molecule has 0 aromatic rings. The van der Waals surface area contributed by atoms with E-state index < -0.39 is 0 Å². The van der Waals surface area contributed by atoms with Crippen molar-refractivity contribution in [3.05, 3.63) is 23.8 Å². The van der Waals surface area contributed by atoms with E-state index in [0.717, 1.165) is 0 Å². The highest BCUT2D eigenvalue weighted by Crippen LogP contribution is 2.09. The summed E-state index contributed by atoms with van der Waals surface area (Å²) in [5.41, 5.74) is 0. The molecule has 0 aliphatic carbocycles. The topological polar surface area (TPSA) is 39.1 Å². The Morgan fingerprint density at radius 2 is 2.56 bits per heavy atom. The molecule has 0 saturated carbocycles. The van der Waals surface area contributed by atoms with E-state index in [1.807, 2.05) is 6.19 Å². The van der Waals surface area contributed by atoms with E-state index in [1.54, 1.807) is 12.4 Å². The van der Waals surface area contributed by atoms with Crippen LogP contribution in [0.4, 0.5) is 0 Å². The van der Waals surface area contributed by atoms with E-state index in [1.165, 1.54) is 11.1 Å². The first kappa shape index (κ1) is 5.99. The average molecular weight is 142 g/mol. The van der Waals surface area contributed by atoms with Gasteiger partial charge in [-0.3, -0.25) is 0 Å². The number of nitriles is 1. The molecule has 0 radical (unpaired) electrons. The molecule has 0 unspecified atom stereocenters. The van der Waals surface area contributed by atoms with Crippen molar-refractivity contribution >= 4 is 11.6 Å². The molecule has 46 valence electrons. The van der Waals surface area contributed by atoms with E-state index in [4.69, 9.17) is 16.9 Å². The average Bonchev–Trinajstić information content (AvgIpc) is 1.89. The summed E-state index contributed by atoms with van der Waals surface area (Å²) in [6, 6.07) is 0. The van der Waals surface area contributed by atoms with E-state index in [-0.39, 0.29) is 0 Å². The molecule has 0 amide bonds.